The Morgan fingerprint density at radius 1 is 0.370 bits per heavy atom. The van der Waals surface area contributed by atoms with Gasteiger partial charge in [0.15, 0.2) is 0 Å². The second-order valence-corrected chi connectivity index (χ2v) is 6.46. The highest BCUT2D eigenvalue weighted by Crippen LogP contribution is 2.22. The molecule has 5 rings (SSSR count). The van der Waals surface area contributed by atoms with E-state index in [1.165, 1.54) is 27.1 Å². The van der Waals surface area contributed by atoms with Crippen LogP contribution in [-0.2, 0) is 0 Å². The van der Waals surface area contributed by atoms with Crippen molar-refractivity contribution in [3.05, 3.63) is 115 Å². The summed E-state index contributed by atoms with van der Waals surface area (Å²) in [5.41, 5.74) is 2.29. The van der Waals surface area contributed by atoms with Crippen molar-refractivity contribution < 1.29 is 5.11 Å². The van der Waals surface area contributed by atoms with Crippen LogP contribution in [0.2, 0.25) is 0 Å². The van der Waals surface area contributed by atoms with E-state index >= 15 is 0 Å². The Hall–Kier alpha value is -3.58. The Kier molecular flexibility index (Phi) is 4.84. The summed E-state index contributed by atoms with van der Waals surface area (Å²) in [4.78, 5) is 0. The lowest BCUT2D eigenvalue weighted by Crippen LogP contribution is -1.74. The van der Waals surface area contributed by atoms with Crippen LogP contribution in [0.5, 0.6) is 5.75 Å². The maximum Gasteiger partial charge on any atom is 0.115 e. The van der Waals surface area contributed by atoms with Crippen molar-refractivity contribution in [2.24, 2.45) is 0 Å². The molecular weight excluding hydrogens is 328 g/mol. The number of aromatic hydroxyl groups is 1. The Labute approximate surface area is 159 Å². The average molecular weight is 348 g/mol. The number of hydrogen-bond acceptors (Lipinski definition) is 1. The lowest BCUT2D eigenvalue weighted by Gasteiger charge is -2.00. The minimum atomic E-state index is 0.305. The molecule has 0 aliphatic heterocycles. The van der Waals surface area contributed by atoms with E-state index in [1.54, 1.807) is 12.1 Å². The van der Waals surface area contributed by atoms with E-state index in [0.29, 0.717) is 5.75 Å². The van der Waals surface area contributed by atoms with Gasteiger partial charge in [-0.3, -0.25) is 0 Å². The molecule has 0 bridgehead atoms. The minimum Gasteiger partial charge on any atom is -0.508 e. The van der Waals surface area contributed by atoms with Gasteiger partial charge in [0.1, 0.15) is 5.75 Å². The molecular formula is C26H20O. The van der Waals surface area contributed by atoms with Crippen molar-refractivity contribution in [3.63, 3.8) is 0 Å². The Bertz CT molecular complexity index is 1050. The van der Waals surface area contributed by atoms with Crippen molar-refractivity contribution in [3.8, 4) is 16.9 Å². The molecule has 1 heteroatoms. The summed E-state index contributed by atoms with van der Waals surface area (Å²) in [6, 6.07) is 38.7. The number of phenols is 1. The van der Waals surface area contributed by atoms with Gasteiger partial charge in [-0.15, -0.1) is 0 Å². The molecule has 0 fully saturated rings. The molecule has 0 saturated carbocycles. The summed E-state index contributed by atoms with van der Waals surface area (Å²) in [6.07, 6.45) is 0. The fourth-order valence-electron chi connectivity index (χ4n) is 3.17. The van der Waals surface area contributed by atoms with Crippen molar-refractivity contribution in [1.29, 1.82) is 0 Å². The van der Waals surface area contributed by atoms with Gasteiger partial charge >= 0.3 is 0 Å². The third kappa shape index (κ3) is 3.99. The predicted octanol–water partition coefficient (Wildman–Crippen LogP) is 7.05. The van der Waals surface area contributed by atoms with Crippen LogP contribution in [0.25, 0.3) is 32.7 Å². The van der Waals surface area contributed by atoms with E-state index < -0.39 is 0 Å². The first-order valence-corrected chi connectivity index (χ1v) is 9.02. The van der Waals surface area contributed by atoms with E-state index in [1.807, 2.05) is 42.5 Å². The Morgan fingerprint density at radius 2 is 0.741 bits per heavy atom. The molecule has 0 heterocycles. The van der Waals surface area contributed by atoms with E-state index in [4.69, 9.17) is 5.11 Å². The predicted molar refractivity (Wildman–Crippen MR) is 115 cm³/mol. The first-order valence-electron chi connectivity index (χ1n) is 9.02. The van der Waals surface area contributed by atoms with Crippen LogP contribution in [0.3, 0.4) is 0 Å². The van der Waals surface area contributed by atoms with Gasteiger partial charge in [0.25, 0.3) is 0 Å². The number of benzene rings is 5. The molecule has 0 atom stereocenters. The maximum absolute atomic E-state index is 9.10. The zero-order valence-electron chi connectivity index (χ0n) is 14.9. The van der Waals surface area contributed by atoms with Crippen LogP contribution >= 0.6 is 0 Å². The standard InChI is InChI=1S/C14H10.C12H10O/c1-2-6-12-10-14-8-4-3-7-13(14)9-11(12)5-1;13-12-8-6-11(7-9-12)10-4-2-1-3-5-10/h1-10H;1-9,13H. The molecule has 0 aliphatic carbocycles. The molecule has 1 nitrogen and oxygen atoms in total. The molecule has 27 heavy (non-hydrogen) atoms. The van der Waals surface area contributed by atoms with Crippen LogP contribution < -0.4 is 0 Å². The Morgan fingerprint density at radius 3 is 1.19 bits per heavy atom. The zero-order chi connectivity index (χ0) is 18.5. The van der Waals surface area contributed by atoms with Gasteiger partial charge in [-0.2, -0.15) is 0 Å². The number of hydrogen-bond donors (Lipinski definition) is 1. The summed E-state index contributed by atoms with van der Waals surface area (Å²) in [6.45, 7) is 0. The molecule has 0 amide bonds. The number of rotatable bonds is 1. The third-order valence-electron chi connectivity index (χ3n) is 4.59. The largest absolute Gasteiger partial charge is 0.508 e. The highest BCUT2D eigenvalue weighted by Gasteiger charge is 1.96. The molecule has 5 aromatic rings. The molecule has 0 unspecified atom stereocenters. The van der Waals surface area contributed by atoms with Gasteiger partial charge in [0.2, 0.25) is 0 Å². The van der Waals surface area contributed by atoms with Crippen LogP contribution in [0, 0.1) is 0 Å². The minimum absolute atomic E-state index is 0.305. The SMILES string of the molecule is Oc1ccc(-c2ccccc2)cc1.c1ccc2cc3ccccc3cc2c1. The van der Waals surface area contributed by atoms with E-state index in [9.17, 15) is 0 Å². The number of phenolic OH excluding ortho intramolecular Hbond substituents is 1. The molecule has 5 aromatic carbocycles. The molecule has 0 radical (unpaired) electrons. The molecule has 130 valence electrons. The quantitative estimate of drug-likeness (QED) is 0.322. The summed E-state index contributed by atoms with van der Waals surface area (Å²) < 4.78 is 0. The van der Waals surface area contributed by atoms with Gasteiger partial charge in [-0.05, 0) is 56.9 Å². The van der Waals surface area contributed by atoms with Crippen molar-refractivity contribution in [1.82, 2.24) is 0 Å². The van der Waals surface area contributed by atoms with Gasteiger partial charge in [-0.25, -0.2) is 0 Å². The Balaban J connectivity index is 0.000000134. The topological polar surface area (TPSA) is 20.2 Å². The average Bonchev–Trinajstić information content (AvgIpc) is 2.74. The smallest absolute Gasteiger partial charge is 0.115 e. The summed E-state index contributed by atoms with van der Waals surface area (Å²) in [5.74, 6) is 0.305. The lowest BCUT2D eigenvalue weighted by molar-refractivity contribution is 0.475. The normalized spacial score (nSPS) is 10.4. The van der Waals surface area contributed by atoms with Gasteiger partial charge < -0.3 is 5.11 Å². The molecule has 0 aromatic heterocycles. The summed E-state index contributed by atoms with van der Waals surface area (Å²) >= 11 is 0. The van der Waals surface area contributed by atoms with Crippen LogP contribution in [-0.4, -0.2) is 5.11 Å². The fraction of sp³-hybridized carbons (Fsp3) is 0. The first-order chi connectivity index (χ1) is 13.3. The summed E-state index contributed by atoms with van der Waals surface area (Å²) in [7, 11) is 0. The zero-order valence-corrected chi connectivity index (χ0v) is 14.9. The van der Waals surface area contributed by atoms with Gasteiger partial charge in [-0.1, -0.05) is 91.0 Å². The van der Waals surface area contributed by atoms with E-state index in [0.717, 1.165) is 5.56 Å². The third-order valence-corrected chi connectivity index (χ3v) is 4.59. The van der Waals surface area contributed by atoms with Crippen molar-refractivity contribution in [2.75, 3.05) is 0 Å². The van der Waals surface area contributed by atoms with Crippen LogP contribution in [0.4, 0.5) is 0 Å². The van der Waals surface area contributed by atoms with Crippen molar-refractivity contribution in [2.45, 2.75) is 0 Å². The molecule has 1 N–H and O–H groups in total. The second-order valence-electron chi connectivity index (χ2n) is 6.46. The number of fused-ring (bicyclic) bond motifs is 2. The molecule has 0 saturated heterocycles. The second kappa shape index (κ2) is 7.76. The highest BCUT2D eigenvalue weighted by atomic mass is 16.3. The lowest BCUT2D eigenvalue weighted by atomic mass is 10.0. The van der Waals surface area contributed by atoms with Crippen LogP contribution in [0.15, 0.2) is 115 Å². The van der Waals surface area contributed by atoms with Crippen molar-refractivity contribution >= 4 is 21.5 Å². The van der Waals surface area contributed by atoms with E-state index in [2.05, 4.69) is 60.7 Å². The van der Waals surface area contributed by atoms with E-state index in [-0.39, 0.29) is 0 Å². The monoisotopic (exact) mass is 348 g/mol. The van der Waals surface area contributed by atoms with Gasteiger partial charge in [0, 0.05) is 0 Å². The fourth-order valence-corrected chi connectivity index (χ4v) is 3.17. The molecule has 0 spiro atoms. The summed E-state index contributed by atoms with van der Waals surface area (Å²) in [5, 5.41) is 14.3. The maximum atomic E-state index is 9.10. The van der Waals surface area contributed by atoms with Gasteiger partial charge in [0.05, 0.1) is 0 Å². The molecule has 0 aliphatic rings. The van der Waals surface area contributed by atoms with Crippen LogP contribution in [0.1, 0.15) is 0 Å². The first kappa shape index (κ1) is 16.9. The highest BCUT2D eigenvalue weighted by molar-refractivity contribution is 5.98.